The number of nitrogens with zero attached hydrogens (tertiary/aromatic N) is 4. The maximum atomic E-state index is 12.7. The second-order valence-electron chi connectivity index (χ2n) is 8.14. The van der Waals surface area contributed by atoms with Crippen LogP contribution in [0.3, 0.4) is 0 Å². The lowest BCUT2D eigenvalue weighted by atomic mass is 9.96. The van der Waals surface area contributed by atoms with Gasteiger partial charge in [-0.25, -0.2) is 15.0 Å². The highest BCUT2D eigenvalue weighted by atomic mass is 16.2. The maximum absolute atomic E-state index is 12.7. The highest BCUT2D eigenvalue weighted by Crippen LogP contribution is 2.26. The van der Waals surface area contributed by atoms with E-state index in [1.165, 1.54) is 12.8 Å². The summed E-state index contributed by atoms with van der Waals surface area (Å²) in [4.78, 5) is 29.1. The molecule has 0 bridgehead atoms. The third-order valence-corrected chi connectivity index (χ3v) is 6.19. The van der Waals surface area contributed by atoms with Gasteiger partial charge in [0, 0.05) is 19.1 Å². The highest BCUT2D eigenvalue weighted by Gasteiger charge is 2.28. The van der Waals surface area contributed by atoms with Crippen LogP contribution in [0.2, 0.25) is 0 Å². The molecule has 1 N–H and O–H groups in total. The van der Waals surface area contributed by atoms with Crippen LogP contribution in [-0.2, 0) is 17.6 Å². The lowest BCUT2D eigenvalue weighted by Gasteiger charge is -2.34. The van der Waals surface area contributed by atoms with Crippen molar-refractivity contribution in [3.63, 3.8) is 0 Å². The van der Waals surface area contributed by atoms with Crippen molar-refractivity contribution < 1.29 is 4.79 Å². The molecule has 2 aromatic heterocycles. The van der Waals surface area contributed by atoms with Crippen molar-refractivity contribution >= 4 is 22.8 Å². The first-order valence-corrected chi connectivity index (χ1v) is 10.9. The number of carbonyl (C=O) groups is 1. The Labute approximate surface area is 167 Å². The molecule has 6 heteroatoms. The standard InChI is InChI=1S/C22H31N5O/c1-3-18-19(4-2)26-21-20(25-18)12-17(13-23-21)27-11-7-8-15(14-27)22(28)24-16-9-5-6-10-16/h12-13,15-16H,3-11,14H2,1-2H3,(H,24,28)/t15-/m0/s1. The van der Waals surface area contributed by atoms with E-state index < -0.39 is 0 Å². The SMILES string of the molecule is CCc1nc2cc(N3CCC[C@H](C(=O)NC4CCCC4)C3)cnc2nc1CC. The van der Waals surface area contributed by atoms with E-state index in [0.717, 1.165) is 74.2 Å². The van der Waals surface area contributed by atoms with E-state index in [4.69, 9.17) is 9.97 Å². The molecule has 150 valence electrons. The summed E-state index contributed by atoms with van der Waals surface area (Å²) in [7, 11) is 0. The van der Waals surface area contributed by atoms with Crippen molar-refractivity contribution in [1.82, 2.24) is 20.3 Å². The molecule has 1 saturated carbocycles. The zero-order chi connectivity index (χ0) is 19.5. The molecule has 0 unspecified atom stereocenters. The van der Waals surface area contributed by atoms with E-state index in [1.54, 1.807) is 0 Å². The van der Waals surface area contributed by atoms with Gasteiger partial charge in [-0.2, -0.15) is 0 Å². The van der Waals surface area contributed by atoms with Crippen molar-refractivity contribution in [2.24, 2.45) is 5.92 Å². The molecule has 28 heavy (non-hydrogen) atoms. The molecular weight excluding hydrogens is 350 g/mol. The van der Waals surface area contributed by atoms with Crippen molar-refractivity contribution in [2.45, 2.75) is 71.3 Å². The topological polar surface area (TPSA) is 71.0 Å². The third kappa shape index (κ3) is 3.96. The molecule has 2 fully saturated rings. The fourth-order valence-corrected chi connectivity index (χ4v) is 4.56. The molecule has 1 aliphatic heterocycles. The van der Waals surface area contributed by atoms with Gasteiger partial charge in [-0.1, -0.05) is 26.7 Å². The Morgan fingerprint density at radius 1 is 1.11 bits per heavy atom. The minimum atomic E-state index is 0.0600. The molecule has 0 aromatic carbocycles. The van der Waals surface area contributed by atoms with Crippen LogP contribution in [0.25, 0.3) is 11.2 Å². The van der Waals surface area contributed by atoms with E-state index >= 15 is 0 Å². The lowest BCUT2D eigenvalue weighted by Crippen LogP contribution is -2.45. The summed E-state index contributed by atoms with van der Waals surface area (Å²) in [6, 6.07) is 2.48. The van der Waals surface area contributed by atoms with Gasteiger partial charge in [-0.05, 0) is 44.6 Å². The third-order valence-electron chi connectivity index (χ3n) is 6.19. The molecule has 6 nitrogen and oxygen atoms in total. The Morgan fingerprint density at radius 3 is 2.61 bits per heavy atom. The number of hydrogen-bond acceptors (Lipinski definition) is 5. The zero-order valence-corrected chi connectivity index (χ0v) is 17.1. The van der Waals surface area contributed by atoms with Gasteiger partial charge in [0.1, 0.15) is 5.52 Å². The lowest BCUT2D eigenvalue weighted by molar-refractivity contribution is -0.125. The number of hydrogen-bond donors (Lipinski definition) is 1. The molecule has 1 aliphatic carbocycles. The van der Waals surface area contributed by atoms with Gasteiger partial charge in [-0.15, -0.1) is 0 Å². The van der Waals surface area contributed by atoms with Gasteiger partial charge in [-0.3, -0.25) is 4.79 Å². The first-order chi connectivity index (χ1) is 13.7. The summed E-state index contributed by atoms with van der Waals surface area (Å²) in [6.45, 7) is 5.94. The average molecular weight is 382 g/mol. The molecule has 3 heterocycles. The summed E-state index contributed by atoms with van der Waals surface area (Å²) in [5.74, 6) is 0.288. The smallest absolute Gasteiger partial charge is 0.225 e. The zero-order valence-electron chi connectivity index (χ0n) is 17.1. The van der Waals surface area contributed by atoms with Crippen LogP contribution in [-0.4, -0.2) is 40.0 Å². The fourth-order valence-electron chi connectivity index (χ4n) is 4.56. The normalized spacial score (nSPS) is 20.6. The van der Waals surface area contributed by atoms with Gasteiger partial charge in [0.25, 0.3) is 0 Å². The number of aromatic nitrogens is 3. The van der Waals surface area contributed by atoms with Gasteiger partial charge in [0.2, 0.25) is 5.91 Å². The molecule has 2 aliphatic rings. The van der Waals surface area contributed by atoms with Crippen LogP contribution in [0.15, 0.2) is 12.3 Å². The number of piperidine rings is 1. The van der Waals surface area contributed by atoms with Crippen molar-refractivity contribution in [3.8, 4) is 0 Å². The number of nitrogens with one attached hydrogen (secondary N) is 1. The summed E-state index contributed by atoms with van der Waals surface area (Å²) >= 11 is 0. The fraction of sp³-hybridized carbons (Fsp3) is 0.636. The Bertz CT molecular complexity index is 846. The Kier molecular flexibility index (Phi) is 5.74. The molecule has 1 saturated heterocycles. The molecule has 2 aromatic rings. The molecule has 1 atom stereocenters. The first kappa shape index (κ1) is 19.1. The summed E-state index contributed by atoms with van der Waals surface area (Å²) in [6.07, 6.45) is 10.4. The van der Waals surface area contributed by atoms with Crippen LogP contribution in [0.5, 0.6) is 0 Å². The number of rotatable bonds is 5. The van der Waals surface area contributed by atoms with Crippen molar-refractivity contribution in [1.29, 1.82) is 0 Å². The molecule has 1 amide bonds. The number of pyridine rings is 1. The number of carbonyl (C=O) groups excluding carboxylic acids is 1. The summed E-state index contributed by atoms with van der Waals surface area (Å²) < 4.78 is 0. The van der Waals surface area contributed by atoms with Crippen LogP contribution in [0, 0.1) is 5.92 Å². The molecule has 0 spiro atoms. The second kappa shape index (κ2) is 8.41. The van der Waals surface area contributed by atoms with E-state index in [-0.39, 0.29) is 11.8 Å². The Balaban J connectivity index is 1.51. The van der Waals surface area contributed by atoms with Gasteiger partial charge >= 0.3 is 0 Å². The molecule has 0 radical (unpaired) electrons. The quantitative estimate of drug-likeness (QED) is 0.859. The van der Waals surface area contributed by atoms with Crippen LogP contribution >= 0.6 is 0 Å². The molecular formula is C22H31N5O. The summed E-state index contributed by atoms with van der Waals surface area (Å²) in [5.41, 5.74) is 4.71. The first-order valence-electron chi connectivity index (χ1n) is 10.9. The number of anilines is 1. The minimum Gasteiger partial charge on any atom is -0.369 e. The number of fused-ring (bicyclic) bond motifs is 1. The second-order valence-corrected chi connectivity index (χ2v) is 8.14. The summed E-state index contributed by atoms with van der Waals surface area (Å²) in [5, 5.41) is 3.27. The van der Waals surface area contributed by atoms with Crippen LogP contribution in [0.1, 0.15) is 63.8 Å². The maximum Gasteiger partial charge on any atom is 0.225 e. The van der Waals surface area contributed by atoms with E-state index in [9.17, 15) is 4.79 Å². The van der Waals surface area contributed by atoms with Crippen molar-refractivity contribution in [3.05, 3.63) is 23.7 Å². The molecule has 4 rings (SSSR count). The number of amides is 1. The Morgan fingerprint density at radius 2 is 1.86 bits per heavy atom. The van der Waals surface area contributed by atoms with E-state index in [1.807, 2.05) is 6.20 Å². The van der Waals surface area contributed by atoms with Gasteiger partial charge in [0.15, 0.2) is 5.65 Å². The van der Waals surface area contributed by atoms with Crippen LogP contribution < -0.4 is 10.2 Å². The van der Waals surface area contributed by atoms with E-state index in [2.05, 4.69) is 35.1 Å². The predicted molar refractivity (Wildman–Crippen MR) is 111 cm³/mol. The number of aryl methyl sites for hydroxylation is 2. The average Bonchev–Trinajstić information content (AvgIpc) is 3.25. The predicted octanol–water partition coefficient (Wildman–Crippen LogP) is 3.42. The van der Waals surface area contributed by atoms with Crippen LogP contribution in [0.4, 0.5) is 5.69 Å². The minimum absolute atomic E-state index is 0.0600. The van der Waals surface area contributed by atoms with Gasteiger partial charge in [0.05, 0.1) is 29.2 Å². The Hall–Kier alpha value is -2.24. The monoisotopic (exact) mass is 381 g/mol. The van der Waals surface area contributed by atoms with Gasteiger partial charge < -0.3 is 10.2 Å². The van der Waals surface area contributed by atoms with E-state index in [0.29, 0.717) is 11.7 Å². The van der Waals surface area contributed by atoms with Crippen molar-refractivity contribution in [2.75, 3.05) is 18.0 Å². The largest absolute Gasteiger partial charge is 0.369 e. The highest BCUT2D eigenvalue weighted by molar-refractivity contribution is 5.80.